The number of nitrogens with one attached hydrogen (secondary N) is 2. The second kappa shape index (κ2) is 5.09. The molecule has 0 spiro atoms. The zero-order valence-electron chi connectivity index (χ0n) is 11.2. The fourth-order valence-corrected chi connectivity index (χ4v) is 1.84. The summed E-state index contributed by atoms with van der Waals surface area (Å²) in [5.74, 6) is -0.427. The van der Waals surface area contributed by atoms with Gasteiger partial charge in [0.1, 0.15) is 5.56 Å². The fraction of sp³-hybridized carbons (Fsp3) is 0.308. The number of hydrogen-bond donors (Lipinski definition) is 2. The molecule has 0 unspecified atom stereocenters. The lowest BCUT2D eigenvalue weighted by Crippen LogP contribution is -2.21. The molecule has 2 aromatic rings. The van der Waals surface area contributed by atoms with Crippen LogP contribution in [0.25, 0.3) is 0 Å². The van der Waals surface area contributed by atoms with Crippen LogP contribution in [0.5, 0.6) is 0 Å². The number of carbonyl (C=O) groups excluding carboxylic acids is 1. The van der Waals surface area contributed by atoms with Crippen molar-refractivity contribution in [2.45, 2.75) is 20.3 Å². The lowest BCUT2D eigenvalue weighted by atomic mass is 10.2. The van der Waals surface area contributed by atoms with Crippen molar-refractivity contribution in [1.82, 2.24) is 14.8 Å². The Kier molecular flexibility index (Phi) is 3.50. The van der Waals surface area contributed by atoms with E-state index < -0.39 is 5.91 Å². The maximum atomic E-state index is 12.1. The van der Waals surface area contributed by atoms with E-state index in [1.165, 1.54) is 12.3 Å². The van der Waals surface area contributed by atoms with E-state index in [1.54, 1.807) is 24.9 Å². The predicted octanol–water partition coefficient (Wildman–Crippen LogP) is 1.23. The minimum absolute atomic E-state index is 0.0940. The third-order valence-electron chi connectivity index (χ3n) is 2.79. The molecular weight excluding hydrogens is 244 g/mol. The van der Waals surface area contributed by atoms with Gasteiger partial charge in [-0.3, -0.25) is 14.3 Å². The van der Waals surface area contributed by atoms with Gasteiger partial charge in [0.05, 0.1) is 11.4 Å². The van der Waals surface area contributed by atoms with E-state index >= 15 is 0 Å². The van der Waals surface area contributed by atoms with Crippen LogP contribution >= 0.6 is 0 Å². The summed E-state index contributed by atoms with van der Waals surface area (Å²) in [4.78, 5) is 26.6. The average Bonchev–Trinajstić information content (AvgIpc) is 2.69. The van der Waals surface area contributed by atoms with Crippen LogP contribution in [0.2, 0.25) is 0 Å². The minimum atomic E-state index is -0.427. The Morgan fingerprint density at radius 2 is 2.26 bits per heavy atom. The maximum absolute atomic E-state index is 12.1. The number of aryl methyl sites for hydroxylation is 3. The average molecular weight is 260 g/mol. The molecule has 0 saturated heterocycles. The Hall–Kier alpha value is -2.37. The molecule has 0 aromatic carbocycles. The molecule has 0 saturated carbocycles. The van der Waals surface area contributed by atoms with Crippen molar-refractivity contribution in [3.8, 4) is 0 Å². The highest BCUT2D eigenvalue weighted by Crippen LogP contribution is 2.14. The number of carbonyl (C=O) groups is 1. The van der Waals surface area contributed by atoms with Gasteiger partial charge in [-0.05, 0) is 13.3 Å². The first-order valence-corrected chi connectivity index (χ1v) is 6.04. The van der Waals surface area contributed by atoms with Crippen molar-refractivity contribution < 1.29 is 4.79 Å². The van der Waals surface area contributed by atoms with Crippen molar-refractivity contribution in [2.24, 2.45) is 7.05 Å². The van der Waals surface area contributed by atoms with Gasteiger partial charge in [-0.1, -0.05) is 6.92 Å². The van der Waals surface area contributed by atoms with E-state index in [9.17, 15) is 9.59 Å². The molecule has 6 nitrogen and oxygen atoms in total. The highest BCUT2D eigenvalue weighted by molar-refractivity contribution is 6.04. The first-order chi connectivity index (χ1) is 9.01. The summed E-state index contributed by atoms with van der Waals surface area (Å²) >= 11 is 0. The summed E-state index contributed by atoms with van der Waals surface area (Å²) in [6.07, 6.45) is 3.86. The molecule has 0 fully saturated rings. The highest BCUT2D eigenvalue weighted by Gasteiger charge is 2.14. The predicted molar refractivity (Wildman–Crippen MR) is 72.3 cm³/mol. The van der Waals surface area contributed by atoms with Crippen LogP contribution in [-0.2, 0) is 13.5 Å². The van der Waals surface area contributed by atoms with Crippen molar-refractivity contribution >= 4 is 11.6 Å². The summed E-state index contributed by atoms with van der Waals surface area (Å²) in [5, 5.41) is 6.94. The number of aromatic nitrogens is 3. The molecule has 0 aliphatic rings. The third kappa shape index (κ3) is 2.73. The van der Waals surface area contributed by atoms with E-state index in [0.29, 0.717) is 12.1 Å². The minimum Gasteiger partial charge on any atom is -0.364 e. The number of rotatable bonds is 3. The van der Waals surface area contributed by atoms with E-state index in [0.717, 1.165) is 11.4 Å². The van der Waals surface area contributed by atoms with Crippen LogP contribution in [0, 0.1) is 6.92 Å². The Morgan fingerprint density at radius 1 is 1.53 bits per heavy atom. The molecule has 0 atom stereocenters. The molecule has 0 aliphatic carbocycles. The van der Waals surface area contributed by atoms with Crippen molar-refractivity contribution in [2.75, 3.05) is 5.32 Å². The van der Waals surface area contributed by atoms with Gasteiger partial charge < -0.3 is 10.3 Å². The fourth-order valence-electron chi connectivity index (χ4n) is 1.84. The zero-order valence-corrected chi connectivity index (χ0v) is 11.2. The van der Waals surface area contributed by atoms with E-state index in [1.807, 2.05) is 6.92 Å². The van der Waals surface area contributed by atoms with Crippen LogP contribution in [-0.4, -0.2) is 20.7 Å². The SMILES string of the molecule is CCc1nn(C)cc1NC(=O)c1c[nH]c(C)cc1=O. The molecule has 100 valence electrons. The summed E-state index contributed by atoms with van der Waals surface area (Å²) in [6, 6.07) is 1.40. The summed E-state index contributed by atoms with van der Waals surface area (Å²) in [5.41, 5.74) is 1.94. The Morgan fingerprint density at radius 3 is 2.89 bits per heavy atom. The lowest BCUT2D eigenvalue weighted by molar-refractivity contribution is 0.102. The molecular formula is C13H16N4O2. The molecule has 0 radical (unpaired) electrons. The van der Waals surface area contributed by atoms with Crippen LogP contribution < -0.4 is 10.7 Å². The van der Waals surface area contributed by atoms with E-state index in [2.05, 4.69) is 15.4 Å². The van der Waals surface area contributed by atoms with Crippen molar-refractivity contribution in [1.29, 1.82) is 0 Å². The molecule has 0 bridgehead atoms. The number of aromatic amines is 1. The number of anilines is 1. The first kappa shape index (κ1) is 13.1. The van der Waals surface area contributed by atoms with E-state index in [4.69, 9.17) is 0 Å². The highest BCUT2D eigenvalue weighted by atomic mass is 16.2. The summed E-state index contributed by atoms with van der Waals surface area (Å²) < 4.78 is 1.63. The lowest BCUT2D eigenvalue weighted by Gasteiger charge is -2.04. The molecule has 2 rings (SSSR count). The van der Waals surface area contributed by atoms with Crippen LogP contribution in [0.4, 0.5) is 5.69 Å². The van der Waals surface area contributed by atoms with Gasteiger partial charge in [-0.15, -0.1) is 0 Å². The molecule has 2 heterocycles. The van der Waals surface area contributed by atoms with Gasteiger partial charge in [-0.25, -0.2) is 0 Å². The monoisotopic (exact) mass is 260 g/mol. The molecule has 0 aliphatic heterocycles. The van der Waals surface area contributed by atoms with Gasteiger partial charge in [0.25, 0.3) is 5.91 Å². The molecule has 6 heteroatoms. The Balaban J connectivity index is 2.28. The topological polar surface area (TPSA) is 79.8 Å². The van der Waals surface area contributed by atoms with Gasteiger partial charge in [0, 0.05) is 31.2 Å². The number of pyridine rings is 1. The van der Waals surface area contributed by atoms with Crippen LogP contribution in [0.1, 0.15) is 28.7 Å². The van der Waals surface area contributed by atoms with Crippen molar-refractivity contribution in [3.63, 3.8) is 0 Å². The zero-order chi connectivity index (χ0) is 14.0. The largest absolute Gasteiger partial charge is 0.364 e. The second-order valence-corrected chi connectivity index (χ2v) is 4.36. The summed E-state index contributed by atoms with van der Waals surface area (Å²) in [7, 11) is 1.79. The Bertz CT molecular complexity index is 670. The first-order valence-electron chi connectivity index (χ1n) is 6.04. The molecule has 1 amide bonds. The van der Waals surface area contributed by atoms with Crippen molar-refractivity contribution in [3.05, 3.63) is 45.6 Å². The van der Waals surface area contributed by atoms with Gasteiger partial charge in [0.2, 0.25) is 0 Å². The van der Waals surface area contributed by atoms with Crippen LogP contribution in [0.15, 0.2) is 23.3 Å². The quantitative estimate of drug-likeness (QED) is 0.871. The van der Waals surface area contributed by atoms with Gasteiger partial charge in [0.15, 0.2) is 5.43 Å². The summed E-state index contributed by atoms with van der Waals surface area (Å²) in [6.45, 7) is 3.72. The number of hydrogen-bond acceptors (Lipinski definition) is 3. The smallest absolute Gasteiger partial charge is 0.261 e. The van der Waals surface area contributed by atoms with Crippen LogP contribution in [0.3, 0.4) is 0 Å². The molecule has 19 heavy (non-hydrogen) atoms. The normalized spacial score (nSPS) is 10.5. The van der Waals surface area contributed by atoms with E-state index in [-0.39, 0.29) is 11.0 Å². The second-order valence-electron chi connectivity index (χ2n) is 4.36. The number of H-pyrrole nitrogens is 1. The Labute approximate surface area is 110 Å². The number of amides is 1. The van der Waals surface area contributed by atoms with Gasteiger partial charge in [-0.2, -0.15) is 5.10 Å². The third-order valence-corrected chi connectivity index (χ3v) is 2.79. The maximum Gasteiger partial charge on any atom is 0.261 e. The standard InChI is InChI=1S/C13H16N4O2/c1-4-10-11(7-17(3)16-10)15-13(19)9-6-14-8(2)5-12(9)18/h5-7H,4H2,1-3H3,(H,14,18)(H,15,19). The molecule has 2 aromatic heterocycles. The molecule has 2 N–H and O–H groups in total. The van der Waals surface area contributed by atoms with Gasteiger partial charge >= 0.3 is 0 Å². The number of nitrogens with zero attached hydrogens (tertiary/aromatic N) is 2.